The van der Waals surface area contributed by atoms with E-state index >= 15 is 4.39 Å². The number of nitrogens with zero attached hydrogens (tertiary/aromatic N) is 4. The van der Waals surface area contributed by atoms with Crippen LogP contribution < -0.4 is 15.1 Å². The zero-order chi connectivity index (χ0) is 28.9. The molecular formula is C28H27F4N5O2S. The first-order valence-electron chi connectivity index (χ1n) is 13.1. The molecule has 0 radical (unpaired) electrons. The highest BCUT2D eigenvalue weighted by Gasteiger charge is 2.61. The van der Waals surface area contributed by atoms with Gasteiger partial charge in [0.05, 0.1) is 23.0 Å². The largest absolute Gasteiger partial charge is 0.419 e. The first kappa shape index (κ1) is 28.0. The number of aromatic nitrogens is 1. The molecule has 1 aromatic heterocycles. The molecular weight excluding hydrogens is 546 g/mol. The number of thiocarbonyl (C=S) groups is 1. The number of pyridine rings is 1. The molecule has 2 spiro atoms. The first-order chi connectivity index (χ1) is 19.0. The Morgan fingerprint density at radius 1 is 1.10 bits per heavy atom. The molecule has 1 unspecified atom stereocenters. The Hall–Kier alpha value is -3.59. The number of halogens is 4. The number of hydrogen-bond acceptors (Lipinski definition) is 5. The van der Waals surface area contributed by atoms with Crippen LogP contribution in [-0.2, 0) is 11.0 Å². The molecule has 12 heteroatoms. The van der Waals surface area contributed by atoms with E-state index in [1.165, 1.54) is 25.2 Å². The van der Waals surface area contributed by atoms with Crippen LogP contribution in [0.25, 0.3) is 0 Å². The summed E-state index contributed by atoms with van der Waals surface area (Å²) in [5, 5.41) is 11.5. The summed E-state index contributed by atoms with van der Waals surface area (Å²) in [5.41, 5.74) is -3.65. The molecule has 1 N–H and O–H groups in total. The van der Waals surface area contributed by atoms with E-state index in [9.17, 15) is 28.0 Å². The van der Waals surface area contributed by atoms with Gasteiger partial charge in [0.1, 0.15) is 17.4 Å². The topological polar surface area (TPSA) is 89.3 Å². The predicted octanol–water partition coefficient (Wildman–Crippen LogP) is 5.87. The molecule has 40 heavy (non-hydrogen) atoms. The molecule has 3 fully saturated rings. The second kappa shape index (κ2) is 10.1. The fourth-order valence-corrected chi connectivity index (χ4v) is 7.23. The molecule has 1 saturated heterocycles. The Balaban J connectivity index is 1.66. The van der Waals surface area contributed by atoms with Gasteiger partial charge < -0.3 is 10.2 Å². The van der Waals surface area contributed by atoms with Crippen LogP contribution in [0.2, 0.25) is 0 Å². The Kier molecular flexibility index (Phi) is 7.06. The van der Waals surface area contributed by atoms with Crippen molar-refractivity contribution in [1.82, 2.24) is 10.3 Å². The zero-order valence-electron chi connectivity index (χ0n) is 21.8. The molecule has 1 aromatic carbocycles. The second-order valence-corrected chi connectivity index (χ2v) is 11.2. The smallest absolute Gasteiger partial charge is 0.355 e. The SMILES string of the molecule is CNC(=O)c1ccc(N2C(=S)N(c3cnc(C#N)c(C(F)(F)F)c3)C(=O)C23CCCC2(CCCCC2)C3)cc1F. The molecule has 7 nitrogen and oxygen atoms in total. The lowest BCUT2D eigenvalue weighted by atomic mass is 9.59. The van der Waals surface area contributed by atoms with E-state index in [4.69, 9.17) is 12.2 Å². The molecule has 3 aliphatic rings. The van der Waals surface area contributed by atoms with Gasteiger partial charge in [0.2, 0.25) is 0 Å². The van der Waals surface area contributed by atoms with Gasteiger partial charge in [-0.1, -0.05) is 25.7 Å². The fraction of sp³-hybridized carbons (Fsp3) is 0.464. The molecule has 5 rings (SSSR count). The Morgan fingerprint density at radius 3 is 2.42 bits per heavy atom. The van der Waals surface area contributed by atoms with Crippen LogP contribution in [0.3, 0.4) is 0 Å². The number of anilines is 2. The second-order valence-electron chi connectivity index (χ2n) is 10.8. The number of rotatable bonds is 3. The highest BCUT2D eigenvalue weighted by atomic mass is 32.1. The van der Waals surface area contributed by atoms with E-state index in [0.29, 0.717) is 25.3 Å². The van der Waals surface area contributed by atoms with Crippen LogP contribution in [0.15, 0.2) is 30.5 Å². The number of amides is 2. The van der Waals surface area contributed by atoms with Gasteiger partial charge in [-0.05, 0) is 74.0 Å². The van der Waals surface area contributed by atoms with E-state index in [1.54, 1.807) is 4.90 Å². The summed E-state index contributed by atoms with van der Waals surface area (Å²) >= 11 is 5.75. The van der Waals surface area contributed by atoms with Gasteiger partial charge >= 0.3 is 6.18 Å². The molecule has 2 saturated carbocycles. The lowest BCUT2D eigenvalue weighted by molar-refractivity contribution is -0.138. The van der Waals surface area contributed by atoms with E-state index in [2.05, 4.69) is 10.3 Å². The lowest BCUT2D eigenvalue weighted by Gasteiger charge is -2.50. The number of benzene rings is 1. The molecule has 2 amide bonds. The minimum atomic E-state index is -4.88. The maximum Gasteiger partial charge on any atom is 0.419 e. The van der Waals surface area contributed by atoms with E-state index < -0.39 is 40.6 Å². The van der Waals surface area contributed by atoms with E-state index in [0.717, 1.165) is 55.7 Å². The summed E-state index contributed by atoms with van der Waals surface area (Å²) in [7, 11) is 1.38. The predicted molar refractivity (Wildman–Crippen MR) is 143 cm³/mol. The number of nitriles is 1. The highest BCUT2D eigenvalue weighted by Crippen LogP contribution is 2.55. The van der Waals surface area contributed by atoms with Gasteiger partial charge in [-0.3, -0.25) is 14.5 Å². The minimum Gasteiger partial charge on any atom is -0.355 e. The standard InChI is InChI=1S/C28H27F4N5O2S/c1-34-23(38)19-7-6-17(13-21(19)29)37-25(40)36(18-12-20(28(30,31)32)22(14-33)35-15-18)24(39)27(37)11-5-10-26(16-27)8-3-2-4-9-26/h6-7,12-13,15H,2-5,8-11,16H2,1H3,(H,34,38). The first-order valence-corrected chi connectivity index (χ1v) is 13.5. The number of nitrogens with one attached hydrogen (secondary N) is 1. The maximum atomic E-state index is 15.2. The van der Waals surface area contributed by atoms with Gasteiger partial charge in [-0.25, -0.2) is 9.37 Å². The summed E-state index contributed by atoms with van der Waals surface area (Å²) in [4.78, 5) is 32.8. The van der Waals surface area contributed by atoms with Crippen LogP contribution in [-0.4, -0.2) is 34.5 Å². The number of carbonyl (C=O) groups is 2. The van der Waals surface area contributed by atoms with Gasteiger partial charge in [0, 0.05) is 12.7 Å². The zero-order valence-corrected chi connectivity index (χ0v) is 22.6. The van der Waals surface area contributed by atoms with E-state index in [1.807, 2.05) is 0 Å². The van der Waals surface area contributed by atoms with Gasteiger partial charge in [-0.15, -0.1) is 0 Å². The number of alkyl halides is 3. The summed E-state index contributed by atoms with van der Waals surface area (Å²) in [6, 6.07) is 6.09. The molecule has 2 aromatic rings. The minimum absolute atomic E-state index is 0.107. The maximum absolute atomic E-state index is 15.2. The van der Waals surface area contributed by atoms with Gasteiger partial charge in [0.25, 0.3) is 11.8 Å². The molecule has 0 bridgehead atoms. The number of carbonyl (C=O) groups excluding carboxylic acids is 2. The monoisotopic (exact) mass is 573 g/mol. The lowest BCUT2D eigenvalue weighted by Crippen LogP contribution is -2.56. The fourth-order valence-electron chi connectivity index (χ4n) is 6.76. The van der Waals surface area contributed by atoms with Crippen molar-refractivity contribution in [1.29, 1.82) is 5.26 Å². The summed E-state index contributed by atoms with van der Waals surface area (Å²) < 4.78 is 56.5. The summed E-state index contributed by atoms with van der Waals surface area (Å²) in [6.07, 6.45) is 3.52. The van der Waals surface area contributed by atoms with Gasteiger partial charge in [-0.2, -0.15) is 18.4 Å². The third kappa shape index (κ3) is 4.50. The Bertz CT molecular complexity index is 1430. The third-order valence-electron chi connectivity index (χ3n) is 8.52. The van der Waals surface area contributed by atoms with Crippen molar-refractivity contribution in [3.63, 3.8) is 0 Å². The average molecular weight is 574 g/mol. The van der Waals surface area contributed by atoms with Crippen molar-refractivity contribution in [2.24, 2.45) is 5.41 Å². The average Bonchev–Trinajstić information content (AvgIpc) is 3.12. The molecule has 210 valence electrons. The van der Waals surface area contributed by atoms with E-state index in [-0.39, 0.29) is 27.5 Å². The number of hydrogen-bond donors (Lipinski definition) is 1. The molecule has 2 aliphatic carbocycles. The van der Waals surface area contributed by atoms with Crippen molar-refractivity contribution in [3.05, 3.63) is 53.1 Å². The van der Waals surface area contributed by atoms with Crippen molar-refractivity contribution in [3.8, 4) is 6.07 Å². The van der Waals surface area contributed by atoms with Crippen LogP contribution in [0.4, 0.5) is 28.9 Å². The Labute approximate surface area is 234 Å². The summed E-state index contributed by atoms with van der Waals surface area (Å²) in [5.74, 6) is -1.94. The third-order valence-corrected chi connectivity index (χ3v) is 8.88. The Morgan fingerprint density at radius 2 is 1.80 bits per heavy atom. The van der Waals surface area contributed by atoms with Crippen LogP contribution in [0.1, 0.15) is 79.4 Å². The van der Waals surface area contributed by atoms with Crippen molar-refractivity contribution >= 4 is 40.5 Å². The van der Waals surface area contributed by atoms with Gasteiger partial charge in [0.15, 0.2) is 10.8 Å². The quantitative estimate of drug-likeness (QED) is 0.365. The van der Waals surface area contributed by atoms with Crippen LogP contribution in [0, 0.1) is 22.6 Å². The van der Waals surface area contributed by atoms with Crippen LogP contribution in [0.5, 0.6) is 0 Å². The van der Waals surface area contributed by atoms with Crippen molar-refractivity contribution in [2.75, 3.05) is 16.8 Å². The van der Waals surface area contributed by atoms with Crippen molar-refractivity contribution in [2.45, 2.75) is 69.5 Å². The normalized spacial score (nSPS) is 22.6. The van der Waals surface area contributed by atoms with Crippen LogP contribution >= 0.6 is 12.2 Å². The summed E-state index contributed by atoms with van der Waals surface area (Å²) in [6.45, 7) is 0. The molecule has 1 aliphatic heterocycles. The van der Waals surface area contributed by atoms with Crippen molar-refractivity contribution < 1.29 is 27.2 Å². The molecule has 2 heterocycles. The molecule has 1 atom stereocenters. The highest BCUT2D eigenvalue weighted by molar-refractivity contribution is 7.81.